The largest absolute Gasteiger partial charge is 0.321 e. The Balaban J connectivity index is 2.12. The van der Waals surface area contributed by atoms with Gasteiger partial charge in [0.2, 0.25) is 0 Å². The Morgan fingerprint density at radius 3 is 2.65 bits per heavy atom. The lowest BCUT2D eigenvalue weighted by Gasteiger charge is -2.07. The number of aryl methyl sites for hydroxylation is 1. The van der Waals surface area contributed by atoms with Crippen molar-refractivity contribution < 1.29 is 4.79 Å². The standard InChI is InChI=1S/C19H15ClN2O/c1-14-10-11-17(20)12-18(14)22-19(23)16(13-21)9-5-8-15-6-3-2-4-7-15/h2-12H,1H3,(H,22,23)/b8-5+,16-9+. The van der Waals surface area contributed by atoms with E-state index in [1.807, 2.05) is 55.5 Å². The summed E-state index contributed by atoms with van der Waals surface area (Å²) < 4.78 is 0. The van der Waals surface area contributed by atoms with Crippen molar-refractivity contribution in [2.24, 2.45) is 0 Å². The first-order valence-electron chi connectivity index (χ1n) is 7.01. The Morgan fingerprint density at radius 1 is 1.22 bits per heavy atom. The van der Waals surface area contributed by atoms with Gasteiger partial charge in [0.15, 0.2) is 0 Å². The quantitative estimate of drug-likeness (QED) is 0.501. The predicted molar refractivity (Wildman–Crippen MR) is 94.0 cm³/mol. The third kappa shape index (κ3) is 4.84. The fraction of sp³-hybridized carbons (Fsp3) is 0.0526. The van der Waals surface area contributed by atoms with Gasteiger partial charge < -0.3 is 5.32 Å². The minimum absolute atomic E-state index is 0.0246. The number of anilines is 1. The molecule has 0 aromatic heterocycles. The predicted octanol–water partition coefficient (Wildman–Crippen LogP) is 4.75. The highest BCUT2D eigenvalue weighted by Gasteiger charge is 2.10. The van der Waals surface area contributed by atoms with Gasteiger partial charge in [-0.05, 0) is 36.3 Å². The van der Waals surface area contributed by atoms with Gasteiger partial charge in [-0.25, -0.2) is 0 Å². The maximum Gasteiger partial charge on any atom is 0.266 e. The Morgan fingerprint density at radius 2 is 1.96 bits per heavy atom. The number of nitrogens with zero attached hydrogens (tertiary/aromatic N) is 1. The van der Waals surface area contributed by atoms with E-state index >= 15 is 0 Å². The fourth-order valence-electron chi connectivity index (χ4n) is 1.90. The second-order valence-corrected chi connectivity index (χ2v) is 5.31. The van der Waals surface area contributed by atoms with Crippen LogP contribution in [0.4, 0.5) is 5.69 Å². The van der Waals surface area contributed by atoms with Crippen LogP contribution in [-0.4, -0.2) is 5.91 Å². The van der Waals surface area contributed by atoms with E-state index in [2.05, 4.69) is 5.32 Å². The molecular weight excluding hydrogens is 308 g/mol. The average molecular weight is 323 g/mol. The monoisotopic (exact) mass is 322 g/mol. The van der Waals surface area contributed by atoms with Crippen LogP contribution in [0, 0.1) is 18.3 Å². The van der Waals surface area contributed by atoms with E-state index < -0.39 is 5.91 Å². The normalized spacial score (nSPS) is 11.3. The molecule has 2 rings (SSSR count). The first-order valence-corrected chi connectivity index (χ1v) is 7.39. The molecule has 4 heteroatoms. The third-order valence-electron chi connectivity index (χ3n) is 3.16. The molecule has 0 saturated carbocycles. The summed E-state index contributed by atoms with van der Waals surface area (Å²) in [5.41, 5.74) is 2.49. The van der Waals surface area contributed by atoms with Gasteiger partial charge in [0.1, 0.15) is 11.6 Å². The van der Waals surface area contributed by atoms with Crippen LogP contribution in [0.2, 0.25) is 5.02 Å². The van der Waals surface area contributed by atoms with Gasteiger partial charge >= 0.3 is 0 Å². The molecule has 3 nitrogen and oxygen atoms in total. The average Bonchev–Trinajstić information content (AvgIpc) is 2.56. The number of halogens is 1. The van der Waals surface area contributed by atoms with Gasteiger partial charge in [0.05, 0.1) is 0 Å². The van der Waals surface area contributed by atoms with Gasteiger partial charge in [-0.15, -0.1) is 0 Å². The Bertz CT molecular complexity index is 802. The molecule has 2 aromatic carbocycles. The lowest BCUT2D eigenvalue weighted by molar-refractivity contribution is -0.112. The van der Waals surface area contributed by atoms with Gasteiger partial charge in [0.25, 0.3) is 5.91 Å². The minimum atomic E-state index is -0.462. The van der Waals surface area contributed by atoms with Crippen molar-refractivity contribution in [3.8, 4) is 6.07 Å². The number of allylic oxidation sites excluding steroid dienone is 2. The van der Waals surface area contributed by atoms with Crippen molar-refractivity contribution in [3.05, 3.63) is 82.4 Å². The number of benzene rings is 2. The number of hydrogen-bond acceptors (Lipinski definition) is 2. The van der Waals surface area contributed by atoms with Crippen LogP contribution in [0.15, 0.2) is 66.3 Å². The highest BCUT2D eigenvalue weighted by Crippen LogP contribution is 2.20. The molecule has 0 aliphatic rings. The van der Waals surface area contributed by atoms with E-state index in [1.54, 1.807) is 18.2 Å². The number of amides is 1. The zero-order valence-corrected chi connectivity index (χ0v) is 13.3. The zero-order chi connectivity index (χ0) is 16.7. The molecule has 0 saturated heterocycles. The van der Waals surface area contributed by atoms with Crippen LogP contribution in [0.25, 0.3) is 6.08 Å². The van der Waals surface area contributed by atoms with Gasteiger partial charge in [-0.2, -0.15) is 5.26 Å². The molecule has 114 valence electrons. The Kier molecular flexibility index (Phi) is 5.74. The van der Waals surface area contributed by atoms with E-state index in [9.17, 15) is 4.79 Å². The van der Waals surface area contributed by atoms with E-state index in [1.165, 1.54) is 6.08 Å². The number of carbonyl (C=O) groups excluding carboxylic acids is 1. The molecule has 2 aromatic rings. The molecule has 1 amide bonds. The van der Waals surface area contributed by atoms with E-state index in [4.69, 9.17) is 16.9 Å². The highest BCUT2D eigenvalue weighted by molar-refractivity contribution is 6.31. The first-order chi connectivity index (χ1) is 11.1. The van der Waals surface area contributed by atoms with Crippen molar-refractivity contribution in [2.45, 2.75) is 6.92 Å². The number of nitrogens with one attached hydrogen (secondary N) is 1. The zero-order valence-electron chi connectivity index (χ0n) is 12.6. The summed E-state index contributed by atoms with van der Waals surface area (Å²) in [5.74, 6) is -0.462. The molecule has 0 atom stereocenters. The smallest absolute Gasteiger partial charge is 0.266 e. The second kappa shape index (κ2) is 7.98. The third-order valence-corrected chi connectivity index (χ3v) is 3.40. The van der Waals surface area contributed by atoms with Crippen molar-refractivity contribution in [1.29, 1.82) is 5.26 Å². The summed E-state index contributed by atoms with van der Waals surface area (Å²) in [5, 5.41) is 12.4. The van der Waals surface area contributed by atoms with Crippen molar-refractivity contribution >= 4 is 29.3 Å². The van der Waals surface area contributed by atoms with Crippen LogP contribution in [0.1, 0.15) is 11.1 Å². The summed E-state index contributed by atoms with van der Waals surface area (Å²) in [6, 6.07) is 16.8. The molecular formula is C19H15ClN2O. The Labute approximate surface area is 140 Å². The molecule has 1 N–H and O–H groups in total. The van der Waals surface area contributed by atoms with Crippen LogP contribution in [-0.2, 0) is 4.79 Å². The maximum atomic E-state index is 12.2. The summed E-state index contributed by atoms with van der Waals surface area (Å²) >= 11 is 5.92. The van der Waals surface area contributed by atoms with Crippen molar-refractivity contribution in [3.63, 3.8) is 0 Å². The number of nitriles is 1. The molecule has 0 radical (unpaired) electrons. The number of hydrogen-bond donors (Lipinski definition) is 1. The van der Waals surface area contributed by atoms with Crippen LogP contribution in [0.3, 0.4) is 0 Å². The molecule has 0 bridgehead atoms. The summed E-state index contributed by atoms with van der Waals surface area (Å²) in [7, 11) is 0. The molecule has 23 heavy (non-hydrogen) atoms. The van der Waals surface area contributed by atoms with Crippen LogP contribution in [0.5, 0.6) is 0 Å². The molecule has 0 spiro atoms. The van der Waals surface area contributed by atoms with Crippen LogP contribution < -0.4 is 5.32 Å². The summed E-state index contributed by atoms with van der Waals surface area (Å²) in [6.45, 7) is 1.86. The van der Waals surface area contributed by atoms with E-state index in [-0.39, 0.29) is 5.57 Å². The SMILES string of the molecule is Cc1ccc(Cl)cc1NC(=O)/C(C#N)=C/C=C/c1ccccc1. The van der Waals surface area contributed by atoms with Crippen LogP contribution >= 0.6 is 11.6 Å². The molecule has 0 aliphatic carbocycles. The molecule has 0 aliphatic heterocycles. The minimum Gasteiger partial charge on any atom is -0.321 e. The molecule has 0 fully saturated rings. The van der Waals surface area contributed by atoms with Crippen molar-refractivity contribution in [2.75, 3.05) is 5.32 Å². The fourth-order valence-corrected chi connectivity index (χ4v) is 2.07. The first kappa shape index (κ1) is 16.5. The second-order valence-electron chi connectivity index (χ2n) is 4.88. The van der Waals surface area contributed by atoms with Gasteiger partial charge in [0, 0.05) is 10.7 Å². The lowest BCUT2D eigenvalue weighted by Crippen LogP contribution is -2.14. The van der Waals surface area contributed by atoms with E-state index in [0.29, 0.717) is 10.7 Å². The number of rotatable bonds is 4. The summed E-state index contributed by atoms with van der Waals surface area (Å²) in [4.78, 5) is 12.2. The lowest BCUT2D eigenvalue weighted by atomic mass is 10.1. The van der Waals surface area contributed by atoms with Gasteiger partial charge in [-0.1, -0.05) is 60.2 Å². The highest BCUT2D eigenvalue weighted by atomic mass is 35.5. The molecule has 0 heterocycles. The topological polar surface area (TPSA) is 52.9 Å². The van der Waals surface area contributed by atoms with Crippen molar-refractivity contribution in [1.82, 2.24) is 0 Å². The van der Waals surface area contributed by atoms with Gasteiger partial charge in [-0.3, -0.25) is 4.79 Å². The summed E-state index contributed by atoms with van der Waals surface area (Å²) in [6.07, 6.45) is 5.00. The number of carbonyl (C=O) groups is 1. The van der Waals surface area contributed by atoms with E-state index in [0.717, 1.165) is 11.1 Å². The molecule has 0 unspecified atom stereocenters. The maximum absolute atomic E-state index is 12.2. The Hall–Kier alpha value is -2.83.